The van der Waals surface area contributed by atoms with Crippen LogP contribution in [0.2, 0.25) is 0 Å². The molecule has 1 atom stereocenters. The van der Waals surface area contributed by atoms with Crippen molar-refractivity contribution in [2.24, 2.45) is 0 Å². The minimum absolute atomic E-state index is 0.263. The molecule has 1 aromatic heterocycles. The normalized spacial score (nSPS) is 14.2. The van der Waals surface area contributed by atoms with Crippen molar-refractivity contribution in [3.8, 4) is 11.5 Å². The van der Waals surface area contributed by atoms with E-state index >= 15 is 0 Å². The van der Waals surface area contributed by atoms with Crippen molar-refractivity contribution < 1.29 is 19.3 Å². The summed E-state index contributed by atoms with van der Waals surface area (Å²) in [6, 6.07) is 13.9. The lowest BCUT2D eigenvalue weighted by atomic mass is 10.2. The van der Waals surface area contributed by atoms with Gasteiger partial charge in [0.05, 0.1) is 36.1 Å². The number of ether oxygens (including phenoxy) is 3. The molecule has 1 aliphatic rings. The van der Waals surface area contributed by atoms with E-state index in [9.17, 15) is 5.11 Å². The Bertz CT molecular complexity index is 881. The van der Waals surface area contributed by atoms with Gasteiger partial charge in [-0.1, -0.05) is 18.2 Å². The maximum Gasteiger partial charge on any atom is 0.231 e. The summed E-state index contributed by atoms with van der Waals surface area (Å²) >= 11 is 1.69. The van der Waals surface area contributed by atoms with Crippen molar-refractivity contribution in [3.63, 3.8) is 0 Å². The maximum absolute atomic E-state index is 10.2. The monoisotopic (exact) mass is 386 g/mol. The molecule has 1 N–H and O–H groups in total. The van der Waals surface area contributed by atoms with Gasteiger partial charge in [0.25, 0.3) is 0 Å². The Hall–Kier alpha value is -2.19. The van der Waals surface area contributed by atoms with Crippen LogP contribution in [0.5, 0.6) is 11.5 Å². The molecule has 4 rings (SSSR count). The molecule has 3 aromatic rings. The van der Waals surface area contributed by atoms with Crippen LogP contribution in [0, 0.1) is 0 Å². The van der Waals surface area contributed by atoms with Crippen molar-refractivity contribution in [2.75, 3.05) is 27.0 Å². The SMILES string of the molecule is CN(Cc1nc2ccccc2s1)CC(O)COCc1ccc2c(c1)OCO2. The average molecular weight is 386 g/mol. The second-order valence-corrected chi connectivity index (χ2v) is 7.74. The van der Waals surface area contributed by atoms with Crippen molar-refractivity contribution in [1.82, 2.24) is 9.88 Å². The Morgan fingerprint density at radius 1 is 1.22 bits per heavy atom. The molecule has 6 nitrogen and oxygen atoms in total. The molecule has 0 spiro atoms. The molecule has 142 valence electrons. The predicted octanol–water partition coefficient (Wildman–Crippen LogP) is 3.03. The summed E-state index contributed by atoms with van der Waals surface area (Å²) in [5.74, 6) is 1.50. The number of aliphatic hydroxyl groups excluding tert-OH is 1. The van der Waals surface area contributed by atoms with E-state index in [1.54, 1.807) is 11.3 Å². The van der Waals surface area contributed by atoms with Crippen LogP contribution in [0.4, 0.5) is 0 Å². The molecule has 0 saturated carbocycles. The third-order valence-electron chi connectivity index (χ3n) is 4.28. The Labute approximate surface area is 161 Å². The largest absolute Gasteiger partial charge is 0.454 e. The number of nitrogens with zero attached hydrogens (tertiary/aromatic N) is 2. The van der Waals surface area contributed by atoms with E-state index in [1.807, 2.05) is 43.4 Å². The van der Waals surface area contributed by atoms with Gasteiger partial charge in [-0.3, -0.25) is 4.90 Å². The van der Waals surface area contributed by atoms with Gasteiger partial charge in [0, 0.05) is 6.54 Å². The highest BCUT2D eigenvalue weighted by Crippen LogP contribution is 2.32. The number of benzene rings is 2. The van der Waals surface area contributed by atoms with Crippen LogP contribution in [0.3, 0.4) is 0 Å². The Morgan fingerprint density at radius 2 is 2.07 bits per heavy atom. The fourth-order valence-electron chi connectivity index (χ4n) is 3.04. The number of aromatic nitrogens is 1. The van der Waals surface area contributed by atoms with Gasteiger partial charge in [-0.2, -0.15) is 0 Å². The summed E-state index contributed by atoms with van der Waals surface area (Å²) in [6.45, 7) is 2.20. The number of hydrogen-bond donors (Lipinski definition) is 1. The molecule has 0 saturated heterocycles. The predicted molar refractivity (Wildman–Crippen MR) is 104 cm³/mol. The van der Waals surface area contributed by atoms with Crippen molar-refractivity contribution in [3.05, 3.63) is 53.0 Å². The zero-order valence-corrected chi connectivity index (χ0v) is 15.9. The molecule has 7 heteroatoms. The summed E-state index contributed by atoms with van der Waals surface area (Å²) in [5.41, 5.74) is 2.02. The van der Waals surface area contributed by atoms with Gasteiger partial charge in [-0.05, 0) is 36.9 Å². The van der Waals surface area contributed by atoms with Crippen LogP contribution >= 0.6 is 11.3 Å². The Kier molecular flexibility index (Phi) is 5.54. The number of fused-ring (bicyclic) bond motifs is 2. The molecule has 2 heterocycles. The van der Waals surface area contributed by atoms with E-state index in [0.29, 0.717) is 19.7 Å². The van der Waals surface area contributed by atoms with E-state index in [1.165, 1.54) is 4.70 Å². The summed E-state index contributed by atoms with van der Waals surface area (Å²) in [4.78, 5) is 6.69. The standard InChI is InChI=1S/C20H22N2O4S/c1-22(10-20-21-16-4-2-3-5-19(16)27-20)9-15(23)12-24-11-14-6-7-17-18(8-14)26-13-25-17/h2-8,15,23H,9-13H2,1H3. The third kappa shape index (κ3) is 4.56. The van der Waals surface area contributed by atoms with Crippen LogP contribution in [0.15, 0.2) is 42.5 Å². The number of thiazole rings is 1. The van der Waals surface area contributed by atoms with Crippen LogP contribution in [0.1, 0.15) is 10.6 Å². The molecular weight excluding hydrogens is 364 g/mol. The molecule has 1 unspecified atom stereocenters. The van der Waals surface area contributed by atoms with Gasteiger partial charge < -0.3 is 19.3 Å². The lowest BCUT2D eigenvalue weighted by molar-refractivity contribution is 0.0127. The molecule has 0 amide bonds. The second kappa shape index (κ2) is 8.22. The zero-order chi connectivity index (χ0) is 18.6. The quantitative estimate of drug-likeness (QED) is 0.642. The van der Waals surface area contributed by atoms with E-state index < -0.39 is 6.10 Å². The first-order valence-corrected chi connectivity index (χ1v) is 9.66. The first-order chi connectivity index (χ1) is 13.2. The molecule has 2 aromatic carbocycles. The fourth-order valence-corrected chi connectivity index (χ4v) is 4.09. The van der Waals surface area contributed by atoms with E-state index in [-0.39, 0.29) is 13.4 Å². The number of rotatable bonds is 8. The molecule has 0 fully saturated rings. The van der Waals surface area contributed by atoms with Gasteiger partial charge in [0.1, 0.15) is 5.01 Å². The zero-order valence-electron chi connectivity index (χ0n) is 15.1. The van der Waals surface area contributed by atoms with Crippen molar-refractivity contribution in [2.45, 2.75) is 19.3 Å². The highest BCUT2D eigenvalue weighted by Gasteiger charge is 2.14. The van der Waals surface area contributed by atoms with Gasteiger partial charge in [-0.25, -0.2) is 4.98 Å². The summed E-state index contributed by atoms with van der Waals surface area (Å²) in [7, 11) is 1.98. The van der Waals surface area contributed by atoms with Crippen LogP contribution < -0.4 is 9.47 Å². The summed E-state index contributed by atoms with van der Waals surface area (Å²) in [5, 5.41) is 11.3. The number of para-hydroxylation sites is 1. The lowest BCUT2D eigenvalue weighted by Gasteiger charge is -2.19. The van der Waals surface area contributed by atoms with E-state index in [0.717, 1.165) is 27.6 Å². The summed E-state index contributed by atoms with van der Waals surface area (Å²) < 4.78 is 17.5. The smallest absolute Gasteiger partial charge is 0.231 e. The molecule has 0 bridgehead atoms. The fraction of sp³-hybridized carbons (Fsp3) is 0.350. The third-order valence-corrected chi connectivity index (χ3v) is 5.30. The Morgan fingerprint density at radius 3 is 2.96 bits per heavy atom. The highest BCUT2D eigenvalue weighted by molar-refractivity contribution is 7.18. The second-order valence-electron chi connectivity index (χ2n) is 6.63. The minimum Gasteiger partial charge on any atom is -0.454 e. The van der Waals surface area contributed by atoms with Gasteiger partial charge in [-0.15, -0.1) is 11.3 Å². The summed E-state index contributed by atoms with van der Waals surface area (Å²) in [6.07, 6.45) is -0.557. The maximum atomic E-state index is 10.2. The topological polar surface area (TPSA) is 64.1 Å². The molecular formula is C20H22N2O4S. The highest BCUT2D eigenvalue weighted by atomic mass is 32.1. The van der Waals surface area contributed by atoms with Gasteiger partial charge >= 0.3 is 0 Å². The number of likely N-dealkylation sites (N-methyl/N-ethyl adjacent to an activating group) is 1. The van der Waals surface area contributed by atoms with Gasteiger partial charge in [0.15, 0.2) is 11.5 Å². The molecule has 1 aliphatic heterocycles. The molecule has 0 radical (unpaired) electrons. The van der Waals surface area contributed by atoms with Crippen molar-refractivity contribution >= 4 is 21.6 Å². The Balaban J connectivity index is 1.22. The average Bonchev–Trinajstić information content (AvgIpc) is 3.26. The number of aliphatic hydroxyl groups is 1. The van der Waals surface area contributed by atoms with E-state index in [2.05, 4.69) is 16.0 Å². The molecule has 0 aliphatic carbocycles. The van der Waals surface area contributed by atoms with Crippen LogP contribution in [-0.4, -0.2) is 48.1 Å². The van der Waals surface area contributed by atoms with E-state index in [4.69, 9.17) is 14.2 Å². The minimum atomic E-state index is -0.557. The first-order valence-electron chi connectivity index (χ1n) is 8.85. The van der Waals surface area contributed by atoms with Crippen LogP contribution in [-0.2, 0) is 17.9 Å². The lowest BCUT2D eigenvalue weighted by Crippen LogP contribution is -2.31. The van der Waals surface area contributed by atoms with Crippen LogP contribution in [0.25, 0.3) is 10.2 Å². The van der Waals surface area contributed by atoms with Gasteiger partial charge in [0.2, 0.25) is 6.79 Å². The van der Waals surface area contributed by atoms with Crippen molar-refractivity contribution in [1.29, 1.82) is 0 Å². The molecule has 27 heavy (non-hydrogen) atoms. The first kappa shape index (κ1) is 18.2. The number of hydrogen-bond acceptors (Lipinski definition) is 7.